The zero-order valence-electron chi connectivity index (χ0n) is 13.7. The molecule has 0 amide bonds. The molecule has 1 fully saturated rings. The van der Waals surface area contributed by atoms with Crippen molar-refractivity contribution in [2.75, 3.05) is 13.7 Å². The Labute approximate surface area is 135 Å². The van der Waals surface area contributed by atoms with E-state index in [1.807, 2.05) is 13.8 Å². The first kappa shape index (κ1) is 19.0. The Morgan fingerprint density at radius 3 is 2.43 bits per heavy atom. The van der Waals surface area contributed by atoms with Gasteiger partial charge in [0, 0.05) is 37.5 Å². The van der Waals surface area contributed by atoms with Gasteiger partial charge in [0.2, 0.25) is 0 Å². The number of aliphatic imine (C=N–C) groups is 1. The van der Waals surface area contributed by atoms with Crippen LogP contribution in [0.25, 0.3) is 0 Å². The standard InChI is InChI=1S/C16H23NO6/c1-16(2)8-10(17-7-6-13(20)21)15(12(19)9-16)11(18)4-5-14(22)23-3/h15H,4-9H2,1-3H3,(H,20,21)/p-1. The number of hydrogen-bond acceptors (Lipinski definition) is 7. The number of Topliss-reactive ketones (excluding diaryl/α,β-unsaturated/α-hetero) is 2. The van der Waals surface area contributed by atoms with Crippen molar-refractivity contribution in [1.29, 1.82) is 0 Å². The summed E-state index contributed by atoms with van der Waals surface area (Å²) in [5.41, 5.74) is 0.0821. The van der Waals surface area contributed by atoms with Crippen LogP contribution >= 0.6 is 0 Å². The lowest BCUT2D eigenvalue weighted by Crippen LogP contribution is -2.42. The van der Waals surface area contributed by atoms with Gasteiger partial charge in [-0.1, -0.05) is 13.8 Å². The van der Waals surface area contributed by atoms with Gasteiger partial charge in [-0.25, -0.2) is 0 Å². The third kappa shape index (κ3) is 5.92. The molecular formula is C16H22NO6-. The first-order chi connectivity index (χ1) is 10.7. The van der Waals surface area contributed by atoms with Crippen molar-refractivity contribution in [3.05, 3.63) is 0 Å². The summed E-state index contributed by atoms with van der Waals surface area (Å²) in [6.07, 6.45) is 0.251. The van der Waals surface area contributed by atoms with Crippen molar-refractivity contribution < 1.29 is 29.0 Å². The van der Waals surface area contributed by atoms with E-state index < -0.39 is 17.9 Å². The lowest BCUT2D eigenvalue weighted by atomic mass is 9.69. The second-order valence-electron chi connectivity index (χ2n) is 6.45. The van der Waals surface area contributed by atoms with Gasteiger partial charge < -0.3 is 14.6 Å². The van der Waals surface area contributed by atoms with Crippen molar-refractivity contribution in [2.45, 2.75) is 46.0 Å². The van der Waals surface area contributed by atoms with Crippen LogP contribution in [0.3, 0.4) is 0 Å². The molecule has 128 valence electrons. The van der Waals surface area contributed by atoms with E-state index in [1.54, 1.807) is 0 Å². The second-order valence-corrected chi connectivity index (χ2v) is 6.45. The van der Waals surface area contributed by atoms with E-state index in [0.29, 0.717) is 12.1 Å². The molecule has 0 aromatic carbocycles. The molecule has 1 rings (SSSR count). The molecule has 7 heteroatoms. The van der Waals surface area contributed by atoms with E-state index in [2.05, 4.69) is 9.73 Å². The van der Waals surface area contributed by atoms with Crippen LogP contribution < -0.4 is 5.11 Å². The van der Waals surface area contributed by atoms with Gasteiger partial charge in [0.05, 0.1) is 13.5 Å². The van der Waals surface area contributed by atoms with Gasteiger partial charge in [-0.3, -0.25) is 19.4 Å². The van der Waals surface area contributed by atoms with Crippen molar-refractivity contribution in [3.8, 4) is 0 Å². The monoisotopic (exact) mass is 324 g/mol. The highest BCUT2D eigenvalue weighted by Gasteiger charge is 2.41. The molecule has 0 bridgehead atoms. The zero-order valence-corrected chi connectivity index (χ0v) is 13.7. The summed E-state index contributed by atoms with van der Waals surface area (Å²) in [6.45, 7) is 3.77. The zero-order chi connectivity index (χ0) is 17.6. The Kier molecular flexibility index (Phi) is 6.60. The number of rotatable bonds is 7. The molecule has 7 nitrogen and oxygen atoms in total. The highest BCUT2D eigenvalue weighted by Crippen LogP contribution is 2.35. The number of ketones is 2. The summed E-state index contributed by atoms with van der Waals surface area (Å²) in [4.78, 5) is 50.4. The van der Waals surface area contributed by atoms with E-state index in [-0.39, 0.29) is 49.2 Å². The fraction of sp³-hybridized carbons (Fsp3) is 0.688. The number of carbonyl (C=O) groups excluding carboxylic acids is 4. The van der Waals surface area contributed by atoms with E-state index in [9.17, 15) is 24.3 Å². The molecule has 1 aliphatic rings. The maximum absolute atomic E-state index is 12.3. The van der Waals surface area contributed by atoms with Gasteiger partial charge in [0.15, 0.2) is 0 Å². The van der Waals surface area contributed by atoms with Gasteiger partial charge in [-0.05, 0) is 11.8 Å². The highest BCUT2D eigenvalue weighted by molar-refractivity contribution is 6.22. The molecule has 23 heavy (non-hydrogen) atoms. The third-order valence-electron chi connectivity index (χ3n) is 3.72. The lowest BCUT2D eigenvalue weighted by Gasteiger charge is -2.34. The van der Waals surface area contributed by atoms with Crippen molar-refractivity contribution >= 4 is 29.2 Å². The fourth-order valence-corrected chi connectivity index (χ4v) is 2.69. The topological polar surface area (TPSA) is 113 Å². The molecule has 0 aromatic heterocycles. The summed E-state index contributed by atoms with van der Waals surface area (Å²) in [7, 11) is 1.23. The smallest absolute Gasteiger partial charge is 0.305 e. The highest BCUT2D eigenvalue weighted by atomic mass is 16.5. The number of nitrogens with zero attached hydrogens (tertiary/aromatic N) is 1. The molecule has 0 radical (unpaired) electrons. The maximum atomic E-state index is 12.3. The predicted octanol–water partition coefficient (Wildman–Crippen LogP) is 0.0950. The van der Waals surface area contributed by atoms with E-state index in [1.165, 1.54) is 7.11 Å². The molecule has 0 aromatic rings. The molecule has 0 heterocycles. The van der Waals surface area contributed by atoms with Gasteiger partial charge in [0.1, 0.15) is 17.5 Å². The molecule has 1 saturated carbocycles. The average Bonchev–Trinajstić information content (AvgIpc) is 2.42. The summed E-state index contributed by atoms with van der Waals surface area (Å²) in [5, 5.41) is 10.5. The lowest BCUT2D eigenvalue weighted by molar-refractivity contribution is -0.305. The van der Waals surface area contributed by atoms with Gasteiger partial charge >= 0.3 is 5.97 Å². The summed E-state index contributed by atoms with van der Waals surface area (Å²) in [5.74, 6) is -3.33. The van der Waals surface area contributed by atoms with Gasteiger partial charge in [0.25, 0.3) is 0 Å². The number of carbonyl (C=O) groups is 4. The third-order valence-corrected chi connectivity index (χ3v) is 3.72. The number of esters is 1. The number of hydrogen-bond donors (Lipinski definition) is 0. The first-order valence-corrected chi connectivity index (χ1v) is 7.51. The number of aliphatic carboxylic acids is 1. The van der Waals surface area contributed by atoms with Crippen molar-refractivity contribution in [2.24, 2.45) is 16.3 Å². The van der Waals surface area contributed by atoms with Crippen LogP contribution in [0.1, 0.15) is 46.0 Å². The van der Waals surface area contributed by atoms with Gasteiger partial charge in [-0.15, -0.1) is 0 Å². The van der Waals surface area contributed by atoms with Crippen LogP contribution in [0.2, 0.25) is 0 Å². The largest absolute Gasteiger partial charge is 0.550 e. The average molecular weight is 324 g/mol. The Morgan fingerprint density at radius 2 is 1.87 bits per heavy atom. The Balaban J connectivity index is 2.89. The SMILES string of the molecule is COC(=O)CCC(=O)C1C(=O)CC(C)(C)CC1=NCCC(=O)[O-]. The quantitative estimate of drug-likeness (QED) is 0.484. The number of methoxy groups -OCH3 is 1. The van der Waals surface area contributed by atoms with Crippen molar-refractivity contribution in [3.63, 3.8) is 0 Å². The molecule has 1 atom stereocenters. The molecule has 0 aliphatic heterocycles. The van der Waals surface area contributed by atoms with E-state index >= 15 is 0 Å². The summed E-state index contributed by atoms with van der Waals surface area (Å²) < 4.78 is 4.49. The minimum atomic E-state index is -1.23. The van der Waals surface area contributed by atoms with Crippen LogP contribution in [-0.2, 0) is 23.9 Å². The van der Waals surface area contributed by atoms with Crippen LogP contribution in [-0.4, -0.2) is 42.9 Å². The van der Waals surface area contributed by atoms with Crippen LogP contribution in [0.5, 0.6) is 0 Å². The van der Waals surface area contributed by atoms with Crippen molar-refractivity contribution in [1.82, 2.24) is 0 Å². The molecule has 0 saturated heterocycles. The number of carboxylic acids is 1. The Hall–Kier alpha value is -2.05. The van der Waals surface area contributed by atoms with E-state index in [0.717, 1.165) is 0 Å². The van der Waals surface area contributed by atoms with Gasteiger partial charge in [-0.2, -0.15) is 0 Å². The first-order valence-electron chi connectivity index (χ1n) is 7.51. The normalized spacial score (nSPS) is 22.0. The molecule has 1 unspecified atom stereocenters. The Bertz CT molecular complexity index is 535. The molecule has 0 N–H and O–H groups in total. The minimum Gasteiger partial charge on any atom is -0.550 e. The van der Waals surface area contributed by atoms with Crippen LogP contribution in [0.15, 0.2) is 4.99 Å². The minimum absolute atomic E-state index is 0.0260. The summed E-state index contributed by atoms with van der Waals surface area (Å²) in [6, 6.07) is 0. The van der Waals surface area contributed by atoms with Crippen LogP contribution in [0.4, 0.5) is 0 Å². The molecule has 1 aliphatic carbocycles. The second kappa shape index (κ2) is 7.99. The number of ether oxygens (including phenoxy) is 1. The maximum Gasteiger partial charge on any atom is 0.305 e. The van der Waals surface area contributed by atoms with E-state index in [4.69, 9.17) is 0 Å². The van der Waals surface area contributed by atoms with Crippen LogP contribution in [0, 0.1) is 11.3 Å². The Morgan fingerprint density at radius 1 is 1.22 bits per heavy atom. The fourth-order valence-electron chi connectivity index (χ4n) is 2.69. The summed E-state index contributed by atoms with van der Waals surface area (Å²) >= 11 is 0. The number of carboxylic acid groups (broad SMARTS) is 1. The molecular weight excluding hydrogens is 302 g/mol. The predicted molar refractivity (Wildman–Crippen MR) is 79.7 cm³/mol. The molecule has 0 spiro atoms.